The lowest BCUT2D eigenvalue weighted by atomic mass is 10.1. The highest BCUT2D eigenvalue weighted by Gasteiger charge is 2.18. The Labute approximate surface area is 109 Å². The van der Waals surface area contributed by atoms with E-state index in [1.165, 1.54) is 12.1 Å². The van der Waals surface area contributed by atoms with Gasteiger partial charge in [0.2, 0.25) is 0 Å². The maximum absolute atomic E-state index is 10.8. The van der Waals surface area contributed by atoms with Crippen LogP contribution in [0.25, 0.3) is 0 Å². The van der Waals surface area contributed by atoms with Crippen molar-refractivity contribution in [2.45, 2.75) is 6.42 Å². The Morgan fingerprint density at radius 2 is 2.44 bits per heavy atom. The van der Waals surface area contributed by atoms with Crippen LogP contribution in [0.1, 0.15) is 6.42 Å². The molecule has 0 aromatic heterocycles. The number of nitro groups is 1. The van der Waals surface area contributed by atoms with Crippen molar-refractivity contribution in [3.8, 4) is 0 Å². The van der Waals surface area contributed by atoms with E-state index in [1.54, 1.807) is 6.07 Å². The molecular weight excluding hydrogens is 260 g/mol. The number of benzene rings is 1. The van der Waals surface area contributed by atoms with Crippen molar-refractivity contribution >= 4 is 23.0 Å². The molecule has 0 saturated carbocycles. The summed E-state index contributed by atoms with van der Waals surface area (Å²) in [6.45, 7) is 1.87. The largest absolute Gasteiger partial charge is 0.381 e. The van der Waals surface area contributed by atoms with E-state index >= 15 is 0 Å². The van der Waals surface area contributed by atoms with Crippen molar-refractivity contribution in [1.29, 1.82) is 0 Å². The van der Waals surface area contributed by atoms with Gasteiger partial charge in [-0.15, -0.1) is 0 Å². The second kappa shape index (κ2) is 5.99. The lowest BCUT2D eigenvalue weighted by Gasteiger charge is -2.10. The van der Waals surface area contributed by atoms with Gasteiger partial charge in [-0.05, 0) is 18.6 Å². The molecule has 2 rings (SSSR count). The number of anilines is 1. The van der Waals surface area contributed by atoms with Gasteiger partial charge in [-0.1, -0.05) is 11.6 Å². The van der Waals surface area contributed by atoms with Gasteiger partial charge >= 0.3 is 0 Å². The SMILES string of the molecule is O=[N+]([O-])c1cc(Cl)ccc1NOCC1CCOC1. The highest BCUT2D eigenvalue weighted by molar-refractivity contribution is 6.30. The van der Waals surface area contributed by atoms with E-state index in [2.05, 4.69) is 5.48 Å². The van der Waals surface area contributed by atoms with E-state index in [9.17, 15) is 10.1 Å². The van der Waals surface area contributed by atoms with Crippen LogP contribution in [-0.2, 0) is 9.57 Å². The molecule has 0 bridgehead atoms. The molecule has 1 saturated heterocycles. The lowest BCUT2D eigenvalue weighted by Crippen LogP contribution is -2.13. The van der Waals surface area contributed by atoms with Crippen molar-refractivity contribution in [3.63, 3.8) is 0 Å². The molecule has 1 aliphatic heterocycles. The Balaban J connectivity index is 1.93. The third-order valence-corrected chi connectivity index (χ3v) is 2.92. The number of ether oxygens (including phenoxy) is 1. The lowest BCUT2D eigenvalue weighted by molar-refractivity contribution is -0.384. The summed E-state index contributed by atoms with van der Waals surface area (Å²) in [5, 5.41) is 11.1. The molecule has 0 spiro atoms. The van der Waals surface area contributed by atoms with Crippen LogP contribution in [0.2, 0.25) is 5.02 Å². The normalized spacial score (nSPS) is 18.8. The topological polar surface area (TPSA) is 73.6 Å². The van der Waals surface area contributed by atoms with Gasteiger partial charge in [-0.3, -0.25) is 20.4 Å². The monoisotopic (exact) mass is 272 g/mol. The van der Waals surface area contributed by atoms with Crippen LogP contribution in [0.3, 0.4) is 0 Å². The second-order valence-electron chi connectivity index (χ2n) is 4.06. The minimum Gasteiger partial charge on any atom is -0.381 e. The van der Waals surface area contributed by atoms with Crippen molar-refractivity contribution in [1.82, 2.24) is 0 Å². The molecule has 98 valence electrons. The minimum atomic E-state index is -0.504. The minimum absolute atomic E-state index is 0.106. The van der Waals surface area contributed by atoms with Gasteiger partial charge < -0.3 is 4.74 Å². The zero-order chi connectivity index (χ0) is 13.0. The zero-order valence-corrected chi connectivity index (χ0v) is 10.4. The summed E-state index contributed by atoms with van der Waals surface area (Å²) in [7, 11) is 0. The Kier molecular flexibility index (Phi) is 4.35. The fourth-order valence-electron chi connectivity index (χ4n) is 1.69. The molecule has 1 heterocycles. The molecule has 1 fully saturated rings. The van der Waals surface area contributed by atoms with Gasteiger partial charge in [0.25, 0.3) is 5.69 Å². The highest BCUT2D eigenvalue weighted by atomic mass is 35.5. The molecule has 0 aliphatic carbocycles. The molecule has 18 heavy (non-hydrogen) atoms. The van der Waals surface area contributed by atoms with Gasteiger partial charge in [0.05, 0.1) is 18.1 Å². The summed E-state index contributed by atoms with van der Waals surface area (Å²) in [5.74, 6) is 0.337. The first-order valence-electron chi connectivity index (χ1n) is 5.56. The maximum atomic E-state index is 10.8. The van der Waals surface area contributed by atoms with E-state index in [0.717, 1.165) is 13.0 Å². The molecule has 1 aliphatic rings. The Morgan fingerprint density at radius 3 is 3.11 bits per heavy atom. The molecular formula is C11H13ClN2O4. The summed E-state index contributed by atoms with van der Waals surface area (Å²) in [6, 6.07) is 4.37. The van der Waals surface area contributed by atoms with Crippen LogP contribution in [0.15, 0.2) is 18.2 Å². The smallest absolute Gasteiger partial charge is 0.296 e. The summed E-state index contributed by atoms with van der Waals surface area (Å²) in [6.07, 6.45) is 0.949. The number of rotatable bonds is 5. The number of hydrogen-bond donors (Lipinski definition) is 1. The van der Waals surface area contributed by atoms with Crippen LogP contribution in [0.5, 0.6) is 0 Å². The number of nitro benzene ring substituents is 1. The molecule has 7 heteroatoms. The van der Waals surface area contributed by atoms with Gasteiger partial charge in [0.1, 0.15) is 5.69 Å². The average Bonchev–Trinajstić information content (AvgIpc) is 2.84. The zero-order valence-electron chi connectivity index (χ0n) is 9.60. The summed E-state index contributed by atoms with van der Waals surface area (Å²) in [5.41, 5.74) is 2.78. The van der Waals surface area contributed by atoms with E-state index < -0.39 is 4.92 Å². The van der Waals surface area contributed by atoms with Crippen molar-refractivity contribution in [2.75, 3.05) is 25.3 Å². The Hall–Kier alpha value is -1.37. The molecule has 1 atom stereocenters. The molecule has 6 nitrogen and oxygen atoms in total. The fourth-order valence-corrected chi connectivity index (χ4v) is 1.86. The van der Waals surface area contributed by atoms with Gasteiger partial charge in [0, 0.05) is 23.6 Å². The van der Waals surface area contributed by atoms with Crippen LogP contribution in [0, 0.1) is 16.0 Å². The molecule has 0 amide bonds. The van der Waals surface area contributed by atoms with Crippen molar-refractivity contribution in [2.24, 2.45) is 5.92 Å². The highest BCUT2D eigenvalue weighted by Crippen LogP contribution is 2.27. The predicted octanol–water partition coefficient (Wildman–Crippen LogP) is 2.63. The first-order valence-corrected chi connectivity index (χ1v) is 5.94. The fraction of sp³-hybridized carbons (Fsp3) is 0.455. The summed E-state index contributed by atoms with van der Waals surface area (Å²) >= 11 is 5.71. The first kappa shape index (κ1) is 13.1. The number of nitrogens with zero attached hydrogens (tertiary/aromatic N) is 1. The van der Waals surface area contributed by atoms with Crippen molar-refractivity contribution < 1.29 is 14.5 Å². The van der Waals surface area contributed by atoms with Crippen LogP contribution in [0.4, 0.5) is 11.4 Å². The summed E-state index contributed by atoms with van der Waals surface area (Å²) in [4.78, 5) is 15.6. The van der Waals surface area contributed by atoms with Crippen LogP contribution >= 0.6 is 11.6 Å². The van der Waals surface area contributed by atoms with Crippen LogP contribution < -0.4 is 5.48 Å². The number of nitrogens with one attached hydrogen (secondary N) is 1. The Morgan fingerprint density at radius 1 is 1.61 bits per heavy atom. The standard InChI is InChI=1S/C11H13ClN2O4/c12-9-1-2-10(11(5-9)14(15)16)13-18-7-8-3-4-17-6-8/h1-2,5,8,13H,3-4,6-7H2. The van der Waals surface area contributed by atoms with E-state index in [0.29, 0.717) is 29.8 Å². The number of halogens is 1. The molecule has 1 unspecified atom stereocenters. The predicted molar refractivity (Wildman–Crippen MR) is 66.6 cm³/mol. The third kappa shape index (κ3) is 3.32. The van der Waals surface area contributed by atoms with Gasteiger partial charge in [-0.2, -0.15) is 0 Å². The molecule has 1 aromatic rings. The average molecular weight is 273 g/mol. The van der Waals surface area contributed by atoms with Gasteiger partial charge in [0.15, 0.2) is 0 Å². The maximum Gasteiger partial charge on any atom is 0.296 e. The van der Waals surface area contributed by atoms with Crippen LogP contribution in [-0.4, -0.2) is 24.7 Å². The third-order valence-electron chi connectivity index (χ3n) is 2.68. The summed E-state index contributed by atoms with van der Waals surface area (Å²) < 4.78 is 5.20. The molecule has 1 aromatic carbocycles. The first-order chi connectivity index (χ1) is 8.66. The van der Waals surface area contributed by atoms with Gasteiger partial charge in [-0.25, -0.2) is 0 Å². The quantitative estimate of drug-likeness (QED) is 0.659. The van der Waals surface area contributed by atoms with E-state index in [-0.39, 0.29) is 5.69 Å². The van der Waals surface area contributed by atoms with E-state index in [4.69, 9.17) is 21.2 Å². The second-order valence-corrected chi connectivity index (χ2v) is 4.50. The van der Waals surface area contributed by atoms with E-state index in [1.807, 2.05) is 0 Å². The number of hydrogen-bond acceptors (Lipinski definition) is 5. The molecule has 1 N–H and O–H groups in total. The van der Waals surface area contributed by atoms with Crippen molar-refractivity contribution in [3.05, 3.63) is 33.3 Å². The molecule has 0 radical (unpaired) electrons. The Bertz CT molecular complexity index is 435.